The van der Waals surface area contributed by atoms with Gasteiger partial charge in [-0.05, 0) is 87.3 Å². The zero-order valence-electron chi connectivity index (χ0n) is 33.0. The van der Waals surface area contributed by atoms with Crippen LogP contribution in [0.25, 0.3) is 11.0 Å². The van der Waals surface area contributed by atoms with Crippen molar-refractivity contribution in [3.8, 4) is 0 Å². The van der Waals surface area contributed by atoms with Crippen LogP contribution in [0.15, 0.2) is 70.5 Å². The second kappa shape index (κ2) is 16.7. The van der Waals surface area contributed by atoms with E-state index in [0.717, 1.165) is 56.5 Å². The van der Waals surface area contributed by atoms with E-state index in [0.29, 0.717) is 44.9 Å². The van der Waals surface area contributed by atoms with E-state index < -0.39 is 39.2 Å². The average Bonchev–Trinajstić information content (AvgIpc) is 3.58. The van der Waals surface area contributed by atoms with Gasteiger partial charge in [0.1, 0.15) is 5.65 Å². The Hall–Kier alpha value is -4.84. The van der Waals surface area contributed by atoms with E-state index in [2.05, 4.69) is 42.5 Å². The number of anilines is 2. The molecule has 1 unspecified atom stereocenters. The number of nitrogens with one attached hydrogen (secondary N) is 2. The summed E-state index contributed by atoms with van der Waals surface area (Å²) in [5.41, 5.74) is 0.333. The van der Waals surface area contributed by atoms with E-state index >= 15 is 0 Å². The first-order valence-corrected chi connectivity index (χ1v) is 21.9. The van der Waals surface area contributed by atoms with Crippen LogP contribution >= 0.6 is 0 Å². The third-order valence-electron chi connectivity index (χ3n) is 12.5. The number of carbonyl (C=O) groups is 2. The van der Waals surface area contributed by atoms with Crippen LogP contribution in [-0.2, 0) is 26.0 Å². The second-order valence-corrected chi connectivity index (χ2v) is 18.4. The van der Waals surface area contributed by atoms with Crippen LogP contribution in [0.2, 0.25) is 0 Å². The van der Waals surface area contributed by atoms with E-state index in [1.807, 2.05) is 18.2 Å². The molecule has 59 heavy (non-hydrogen) atoms. The average molecular weight is 833 g/mol. The van der Waals surface area contributed by atoms with Gasteiger partial charge in [-0.15, -0.1) is 0 Å². The van der Waals surface area contributed by atoms with Crippen molar-refractivity contribution < 1.29 is 31.9 Å². The first kappa shape index (κ1) is 40.9. The number of hydrogen-bond donors (Lipinski definition) is 3. The van der Waals surface area contributed by atoms with Crippen molar-refractivity contribution in [1.82, 2.24) is 29.1 Å². The van der Waals surface area contributed by atoms with Gasteiger partial charge in [0.05, 0.1) is 28.0 Å². The Morgan fingerprint density at radius 2 is 1.71 bits per heavy atom. The van der Waals surface area contributed by atoms with Crippen LogP contribution in [-0.4, -0.2) is 107 Å². The van der Waals surface area contributed by atoms with Crippen molar-refractivity contribution in [2.75, 3.05) is 56.0 Å². The van der Waals surface area contributed by atoms with E-state index in [9.17, 15) is 36.7 Å². The fraction of sp³-hybridized carbons (Fsp3) is 0.500. The number of fused-ring (bicyclic) bond motifs is 1. The normalized spacial score (nSPS) is 23.9. The van der Waals surface area contributed by atoms with Crippen LogP contribution in [0.5, 0.6) is 0 Å². The van der Waals surface area contributed by atoms with Crippen LogP contribution in [0.3, 0.4) is 0 Å². The van der Waals surface area contributed by atoms with E-state index in [-0.39, 0.29) is 58.7 Å². The number of carbonyl (C=O) groups excluding carboxylic acids is 2. The maximum atomic E-state index is 13.9. The molecule has 2 aromatic carbocycles. The maximum Gasteiger partial charge on any atom is 0.269 e. The monoisotopic (exact) mass is 832 g/mol. The minimum absolute atomic E-state index is 0.168. The number of alkyl halides is 2. The summed E-state index contributed by atoms with van der Waals surface area (Å²) in [5.74, 6) is -0.543. The molecule has 4 fully saturated rings. The van der Waals surface area contributed by atoms with Gasteiger partial charge in [0, 0.05) is 75.5 Å². The fourth-order valence-electron chi connectivity index (χ4n) is 9.05. The lowest BCUT2D eigenvalue weighted by atomic mass is 9.90. The fourth-order valence-corrected chi connectivity index (χ4v) is 10.6. The highest BCUT2D eigenvalue weighted by molar-refractivity contribution is 7.89. The lowest BCUT2D eigenvalue weighted by Crippen LogP contribution is -2.47. The van der Waals surface area contributed by atoms with Crippen molar-refractivity contribution >= 4 is 44.5 Å². The highest BCUT2D eigenvalue weighted by Gasteiger charge is 2.40. The standard InChI is InChI=1S/C42H50F2N8O6S/c1-42(56)16-3-6-35(42)52-38-29(24-34(37(43)44)40(52)55)26-45-41(48-38)46-30-14-18-51(19-15-30)59(57,58)32-5-2-4-31(25-32)50-22-20-49(21-23-50)17-13-27-7-9-28(10-8-27)33-11-12-36(53)47-39(33)54/h2,4-5,7-10,24-26,30,33,35,37,56H,3,6,11-23H2,1H3,(H,45,46,48)(H,47,53,54)/t33?,35-,42-/m1/s1. The number of imide groups is 1. The van der Waals surface area contributed by atoms with Crippen molar-refractivity contribution in [3.05, 3.63) is 87.8 Å². The molecule has 3 N–H and O–H groups in total. The number of pyridine rings is 1. The molecule has 1 saturated carbocycles. The topological polar surface area (TPSA) is 170 Å². The zero-order chi connectivity index (χ0) is 41.5. The van der Waals surface area contributed by atoms with E-state index in [1.54, 1.807) is 25.1 Å². The summed E-state index contributed by atoms with van der Waals surface area (Å²) in [6, 6.07) is 15.4. The highest BCUT2D eigenvalue weighted by atomic mass is 32.2. The molecule has 2 amide bonds. The SMILES string of the molecule is C[C@@]1(O)CCC[C@H]1n1c(=O)c(C(F)F)cc2cnc(NC3CCN(S(=O)(=O)c4cccc(N5CCN(CCc6ccc(C7CCC(=O)NC7=O)cc6)CC5)c4)CC3)nc21. The second-order valence-electron chi connectivity index (χ2n) is 16.5. The van der Waals surface area contributed by atoms with Gasteiger partial charge >= 0.3 is 0 Å². The smallest absolute Gasteiger partial charge is 0.269 e. The summed E-state index contributed by atoms with van der Waals surface area (Å²) in [4.78, 5) is 50.9. The van der Waals surface area contributed by atoms with Crippen molar-refractivity contribution in [1.29, 1.82) is 0 Å². The molecular weight excluding hydrogens is 783 g/mol. The lowest BCUT2D eigenvalue weighted by Gasteiger charge is -2.36. The number of aliphatic hydroxyl groups is 1. The summed E-state index contributed by atoms with van der Waals surface area (Å²) in [5, 5.41) is 17.0. The number of halogens is 2. The van der Waals surface area contributed by atoms with Crippen LogP contribution in [0.4, 0.5) is 20.4 Å². The molecule has 0 bridgehead atoms. The molecule has 3 saturated heterocycles. The van der Waals surface area contributed by atoms with Gasteiger partial charge in [-0.1, -0.05) is 30.3 Å². The highest BCUT2D eigenvalue weighted by Crippen LogP contribution is 2.40. The number of amides is 2. The zero-order valence-corrected chi connectivity index (χ0v) is 33.8. The van der Waals surface area contributed by atoms with Crippen molar-refractivity contribution in [3.63, 3.8) is 0 Å². The molecular formula is C42H50F2N8O6S. The molecule has 8 rings (SSSR count). The van der Waals surface area contributed by atoms with Crippen LogP contribution in [0, 0.1) is 0 Å². The molecule has 3 aliphatic heterocycles. The molecule has 5 heterocycles. The Kier molecular flexibility index (Phi) is 11.6. The number of sulfonamides is 1. The Morgan fingerprint density at radius 1 is 0.966 bits per heavy atom. The van der Waals surface area contributed by atoms with Gasteiger partial charge in [-0.3, -0.25) is 29.2 Å². The molecule has 314 valence electrons. The first-order chi connectivity index (χ1) is 28.3. The lowest BCUT2D eigenvalue weighted by molar-refractivity contribution is -0.134. The van der Waals surface area contributed by atoms with Crippen LogP contribution in [0.1, 0.15) is 86.9 Å². The minimum Gasteiger partial charge on any atom is -0.388 e. The summed E-state index contributed by atoms with van der Waals surface area (Å²) < 4.78 is 58.2. The summed E-state index contributed by atoms with van der Waals surface area (Å²) in [6.07, 6.45) is 2.62. The first-order valence-electron chi connectivity index (χ1n) is 20.5. The van der Waals surface area contributed by atoms with Crippen molar-refractivity contribution in [2.45, 2.75) is 93.2 Å². The predicted molar refractivity (Wildman–Crippen MR) is 218 cm³/mol. The number of piperazine rings is 1. The summed E-state index contributed by atoms with van der Waals surface area (Å²) >= 11 is 0. The van der Waals surface area contributed by atoms with Gasteiger partial charge in [0.2, 0.25) is 27.8 Å². The minimum atomic E-state index is -3.78. The van der Waals surface area contributed by atoms with Crippen molar-refractivity contribution in [2.24, 2.45) is 0 Å². The maximum absolute atomic E-state index is 13.9. The Labute approximate surface area is 341 Å². The van der Waals surface area contributed by atoms with E-state index in [1.165, 1.54) is 20.6 Å². The summed E-state index contributed by atoms with van der Waals surface area (Å²) in [7, 11) is -3.78. The molecule has 1 aliphatic carbocycles. The Balaban J connectivity index is 0.852. The number of nitrogens with zero attached hydrogens (tertiary/aromatic N) is 6. The van der Waals surface area contributed by atoms with Crippen LogP contribution < -0.4 is 21.1 Å². The Bertz CT molecular complexity index is 2380. The molecule has 0 radical (unpaired) electrons. The molecule has 14 nitrogen and oxygen atoms in total. The van der Waals surface area contributed by atoms with Gasteiger partial charge in [0.25, 0.3) is 12.0 Å². The van der Waals surface area contributed by atoms with Gasteiger partial charge in [0.15, 0.2) is 0 Å². The summed E-state index contributed by atoms with van der Waals surface area (Å²) in [6.45, 7) is 6.21. The number of benzene rings is 2. The Morgan fingerprint density at radius 3 is 2.39 bits per heavy atom. The quantitative estimate of drug-likeness (QED) is 0.184. The largest absolute Gasteiger partial charge is 0.388 e. The van der Waals surface area contributed by atoms with Gasteiger partial charge in [-0.25, -0.2) is 22.2 Å². The van der Waals surface area contributed by atoms with Gasteiger partial charge < -0.3 is 15.3 Å². The predicted octanol–water partition coefficient (Wildman–Crippen LogP) is 4.36. The third-order valence-corrected chi connectivity index (χ3v) is 14.4. The molecule has 3 atom stereocenters. The third kappa shape index (κ3) is 8.60. The number of aromatic nitrogens is 3. The molecule has 17 heteroatoms. The van der Waals surface area contributed by atoms with Gasteiger partial charge in [-0.2, -0.15) is 9.29 Å². The molecule has 0 spiro atoms. The number of piperidine rings is 2. The number of rotatable bonds is 11. The molecule has 4 aliphatic rings. The molecule has 4 aromatic rings. The molecule has 2 aromatic heterocycles. The number of hydrogen-bond acceptors (Lipinski definition) is 11. The van der Waals surface area contributed by atoms with E-state index in [4.69, 9.17) is 0 Å².